The van der Waals surface area contributed by atoms with Crippen molar-refractivity contribution in [2.45, 2.75) is 75.7 Å². The number of thiophene rings is 1. The highest BCUT2D eigenvalue weighted by molar-refractivity contribution is 8.00. The molecule has 0 aliphatic heterocycles. The van der Waals surface area contributed by atoms with Gasteiger partial charge in [-0.05, 0) is 69.4 Å². The van der Waals surface area contributed by atoms with Crippen LogP contribution in [0.15, 0.2) is 5.16 Å². The summed E-state index contributed by atoms with van der Waals surface area (Å²) in [5, 5.41) is 25.3. The largest absolute Gasteiger partial charge is 0.316 e. The standard InChI is InChI=1S/C18H24N6OS2/c1-11(26-17-21-22-23-24(17)18(2,3)4)15(25)20-16-13(10-19)12-8-6-5-7-9-14(12)27-16/h11H,5-9H2,1-4H3,(H,20,25)/t11-/m0/s1. The quantitative estimate of drug-likeness (QED) is 0.616. The summed E-state index contributed by atoms with van der Waals surface area (Å²) in [7, 11) is 0. The summed E-state index contributed by atoms with van der Waals surface area (Å²) < 4.78 is 1.72. The molecule has 0 saturated carbocycles. The molecule has 2 aromatic heterocycles. The van der Waals surface area contributed by atoms with E-state index in [1.54, 1.807) is 16.0 Å². The van der Waals surface area contributed by atoms with E-state index in [9.17, 15) is 10.1 Å². The number of rotatable bonds is 4. The SMILES string of the molecule is C[C@H](Sc1nnnn1C(C)(C)C)C(=O)Nc1sc2c(c1C#N)CCCCC2. The van der Waals surface area contributed by atoms with Gasteiger partial charge in [-0.3, -0.25) is 4.79 Å². The van der Waals surface area contributed by atoms with Gasteiger partial charge in [0.05, 0.1) is 16.4 Å². The lowest BCUT2D eigenvalue weighted by atomic mass is 10.1. The molecule has 1 N–H and O–H groups in total. The number of aromatic nitrogens is 4. The van der Waals surface area contributed by atoms with Gasteiger partial charge in [0.2, 0.25) is 11.1 Å². The summed E-state index contributed by atoms with van der Waals surface area (Å²) in [5.41, 5.74) is 1.51. The first kappa shape index (κ1) is 19.8. The van der Waals surface area contributed by atoms with E-state index >= 15 is 0 Å². The minimum absolute atomic E-state index is 0.142. The molecule has 2 aromatic rings. The van der Waals surface area contributed by atoms with Crippen molar-refractivity contribution in [1.82, 2.24) is 20.2 Å². The van der Waals surface area contributed by atoms with E-state index in [-0.39, 0.29) is 16.7 Å². The number of fused-ring (bicyclic) bond motifs is 1. The van der Waals surface area contributed by atoms with Gasteiger partial charge < -0.3 is 5.32 Å². The number of amides is 1. The van der Waals surface area contributed by atoms with Gasteiger partial charge >= 0.3 is 0 Å². The molecule has 0 bridgehead atoms. The monoisotopic (exact) mass is 404 g/mol. The Morgan fingerprint density at radius 2 is 2.07 bits per heavy atom. The van der Waals surface area contributed by atoms with Crippen LogP contribution >= 0.6 is 23.1 Å². The molecule has 2 heterocycles. The maximum absolute atomic E-state index is 12.7. The normalized spacial score (nSPS) is 15.5. The van der Waals surface area contributed by atoms with Crippen LogP contribution in [0.25, 0.3) is 0 Å². The molecule has 9 heteroatoms. The number of carbonyl (C=O) groups is 1. The van der Waals surface area contributed by atoms with Gasteiger partial charge in [-0.25, -0.2) is 4.68 Å². The smallest absolute Gasteiger partial charge is 0.238 e. The fourth-order valence-electron chi connectivity index (χ4n) is 3.05. The molecule has 27 heavy (non-hydrogen) atoms. The average molecular weight is 405 g/mol. The third-order valence-electron chi connectivity index (χ3n) is 4.50. The van der Waals surface area contributed by atoms with Crippen molar-refractivity contribution in [2.75, 3.05) is 5.32 Å². The topological polar surface area (TPSA) is 96.5 Å². The van der Waals surface area contributed by atoms with E-state index < -0.39 is 0 Å². The highest BCUT2D eigenvalue weighted by Gasteiger charge is 2.26. The van der Waals surface area contributed by atoms with Crippen molar-refractivity contribution in [2.24, 2.45) is 0 Å². The molecule has 1 amide bonds. The predicted molar refractivity (Wildman–Crippen MR) is 107 cm³/mol. The minimum atomic E-state index is -0.384. The summed E-state index contributed by atoms with van der Waals surface area (Å²) in [6, 6.07) is 2.30. The molecule has 0 spiro atoms. The summed E-state index contributed by atoms with van der Waals surface area (Å²) >= 11 is 2.87. The second-order valence-electron chi connectivity index (χ2n) is 7.67. The highest BCUT2D eigenvalue weighted by atomic mass is 32.2. The van der Waals surface area contributed by atoms with Crippen LogP contribution in [0.5, 0.6) is 0 Å². The first-order valence-corrected chi connectivity index (χ1v) is 10.8. The second kappa shape index (κ2) is 7.98. The average Bonchev–Trinajstić information content (AvgIpc) is 3.12. The highest BCUT2D eigenvalue weighted by Crippen LogP contribution is 2.37. The van der Waals surface area contributed by atoms with Crippen LogP contribution in [0.1, 0.15) is 63.0 Å². The Balaban J connectivity index is 1.74. The molecule has 3 rings (SSSR count). The maximum atomic E-state index is 12.7. The predicted octanol–water partition coefficient (Wildman–Crippen LogP) is 3.75. The van der Waals surface area contributed by atoms with E-state index in [1.807, 2.05) is 27.7 Å². The molecule has 1 atom stereocenters. The third-order valence-corrected chi connectivity index (χ3v) is 6.74. The molecule has 0 saturated heterocycles. The Hall–Kier alpha value is -1.92. The van der Waals surface area contributed by atoms with E-state index in [4.69, 9.17) is 0 Å². The number of thioether (sulfide) groups is 1. The van der Waals surface area contributed by atoms with E-state index in [2.05, 4.69) is 26.9 Å². The fraction of sp³-hybridized carbons (Fsp3) is 0.611. The van der Waals surface area contributed by atoms with Crippen LogP contribution in [0, 0.1) is 11.3 Å². The number of anilines is 1. The van der Waals surface area contributed by atoms with Crippen molar-refractivity contribution in [3.63, 3.8) is 0 Å². The first-order valence-electron chi connectivity index (χ1n) is 9.12. The van der Waals surface area contributed by atoms with Gasteiger partial charge in [0.25, 0.3) is 0 Å². The molecule has 0 unspecified atom stereocenters. The number of aryl methyl sites for hydroxylation is 1. The number of hydrogen-bond donors (Lipinski definition) is 1. The van der Waals surface area contributed by atoms with Gasteiger partial charge in [0.1, 0.15) is 11.1 Å². The zero-order chi connectivity index (χ0) is 19.6. The van der Waals surface area contributed by atoms with Crippen molar-refractivity contribution >= 4 is 34.0 Å². The van der Waals surface area contributed by atoms with Crippen LogP contribution in [-0.2, 0) is 23.2 Å². The van der Waals surface area contributed by atoms with Crippen molar-refractivity contribution in [1.29, 1.82) is 5.26 Å². The summed E-state index contributed by atoms with van der Waals surface area (Å²) in [5.74, 6) is -0.142. The number of carbonyl (C=O) groups excluding carboxylic acids is 1. The number of nitriles is 1. The van der Waals surface area contributed by atoms with E-state index in [0.29, 0.717) is 15.7 Å². The molecule has 144 valence electrons. The molecule has 0 radical (unpaired) electrons. The third kappa shape index (κ3) is 4.33. The Labute approximate surface area is 167 Å². The zero-order valence-corrected chi connectivity index (χ0v) is 17.7. The molecule has 1 aliphatic rings. The van der Waals surface area contributed by atoms with Crippen molar-refractivity contribution in [3.8, 4) is 6.07 Å². The van der Waals surface area contributed by atoms with E-state index in [1.165, 1.54) is 23.1 Å². The Morgan fingerprint density at radius 1 is 1.33 bits per heavy atom. The van der Waals surface area contributed by atoms with Crippen molar-refractivity contribution < 1.29 is 4.79 Å². The molecule has 0 fully saturated rings. The minimum Gasteiger partial charge on any atom is -0.316 e. The lowest BCUT2D eigenvalue weighted by Gasteiger charge is -2.20. The fourth-order valence-corrected chi connectivity index (χ4v) is 5.27. The van der Waals surface area contributed by atoms with Crippen molar-refractivity contribution in [3.05, 3.63) is 16.0 Å². The summed E-state index contributed by atoms with van der Waals surface area (Å²) in [4.78, 5) is 14.0. The summed E-state index contributed by atoms with van der Waals surface area (Å²) in [6.07, 6.45) is 5.37. The van der Waals surface area contributed by atoms with Gasteiger partial charge in [-0.2, -0.15) is 5.26 Å². The van der Waals surface area contributed by atoms with Crippen LogP contribution in [-0.4, -0.2) is 31.4 Å². The number of nitrogens with one attached hydrogen (secondary N) is 1. The zero-order valence-electron chi connectivity index (χ0n) is 16.1. The Kier molecular flexibility index (Phi) is 5.86. The Bertz CT molecular complexity index is 874. The van der Waals surface area contributed by atoms with Gasteiger partial charge in [0, 0.05) is 4.88 Å². The lowest BCUT2D eigenvalue weighted by molar-refractivity contribution is -0.115. The number of hydrogen-bond acceptors (Lipinski definition) is 7. The van der Waals surface area contributed by atoms with Gasteiger partial charge in [-0.15, -0.1) is 16.4 Å². The van der Waals surface area contributed by atoms with Gasteiger partial charge in [0.15, 0.2) is 0 Å². The van der Waals surface area contributed by atoms with Crippen LogP contribution < -0.4 is 5.32 Å². The lowest BCUT2D eigenvalue weighted by Crippen LogP contribution is -2.27. The van der Waals surface area contributed by atoms with Crippen LogP contribution in [0.3, 0.4) is 0 Å². The first-order chi connectivity index (χ1) is 12.8. The summed E-state index contributed by atoms with van der Waals surface area (Å²) in [6.45, 7) is 7.86. The number of tetrazole rings is 1. The molecular weight excluding hydrogens is 380 g/mol. The van der Waals surface area contributed by atoms with Crippen LogP contribution in [0.2, 0.25) is 0 Å². The molecule has 7 nitrogen and oxygen atoms in total. The van der Waals surface area contributed by atoms with Crippen LogP contribution in [0.4, 0.5) is 5.00 Å². The Morgan fingerprint density at radius 3 is 2.78 bits per heavy atom. The number of nitrogens with zero attached hydrogens (tertiary/aromatic N) is 5. The molecular formula is C18H24N6OS2. The molecule has 0 aromatic carbocycles. The van der Waals surface area contributed by atoms with E-state index in [0.717, 1.165) is 31.2 Å². The molecule has 1 aliphatic carbocycles. The second-order valence-corrected chi connectivity index (χ2v) is 10.1. The maximum Gasteiger partial charge on any atom is 0.238 e. The van der Waals surface area contributed by atoms with Gasteiger partial charge in [-0.1, -0.05) is 18.2 Å².